The molecule has 25 heavy (non-hydrogen) atoms. The lowest BCUT2D eigenvalue weighted by Crippen LogP contribution is -2.28. The average Bonchev–Trinajstić information content (AvgIpc) is 2.65. The molecular weight excluding hydrogens is 324 g/mol. The molecule has 0 aromatic heterocycles. The third-order valence-electron chi connectivity index (χ3n) is 3.18. The van der Waals surface area contributed by atoms with Crippen molar-refractivity contribution in [3.63, 3.8) is 0 Å². The molecule has 0 bridgehead atoms. The zero-order valence-electron chi connectivity index (χ0n) is 13.4. The molecule has 3 N–H and O–H groups in total. The summed E-state index contributed by atoms with van der Waals surface area (Å²) in [5.74, 6) is -2.29. The molecule has 2 aromatic carbocycles. The van der Waals surface area contributed by atoms with Gasteiger partial charge < -0.3 is 20.5 Å². The molecule has 0 spiro atoms. The molecule has 0 fully saturated rings. The Morgan fingerprint density at radius 3 is 2.32 bits per heavy atom. The number of rotatable bonds is 6. The van der Waals surface area contributed by atoms with Gasteiger partial charge in [-0.25, -0.2) is 9.59 Å². The van der Waals surface area contributed by atoms with E-state index in [1.807, 2.05) is 0 Å². The summed E-state index contributed by atoms with van der Waals surface area (Å²) in [6.45, 7) is 0. The first kappa shape index (κ1) is 17.7. The lowest BCUT2D eigenvalue weighted by atomic mass is 10.2. The number of carboxylic acid groups (broad SMARTS) is 1. The first-order chi connectivity index (χ1) is 12.0. The highest BCUT2D eigenvalue weighted by Gasteiger charge is 2.14. The Balaban J connectivity index is 2.18. The van der Waals surface area contributed by atoms with Gasteiger partial charge in [0.2, 0.25) is 0 Å². The summed E-state index contributed by atoms with van der Waals surface area (Å²) < 4.78 is 4.64. The number of esters is 1. The average molecular weight is 340 g/mol. The molecule has 0 aliphatic carbocycles. The number of ether oxygens (including phenoxy) is 1. The van der Waals surface area contributed by atoms with Crippen LogP contribution in [0.3, 0.4) is 0 Å². The summed E-state index contributed by atoms with van der Waals surface area (Å²) in [5.41, 5.74) is 0.795. The van der Waals surface area contributed by atoms with Crippen LogP contribution in [0.1, 0.15) is 20.7 Å². The zero-order chi connectivity index (χ0) is 18.2. The highest BCUT2D eigenvalue weighted by atomic mass is 16.5. The Kier molecular flexibility index (Phi) is 5.89. The van der Waals surface area contributed by atoms with Crippen molar-refractivity contribution in [3.05, 3.63) is 77.6 Å². The van der Waals surface area contributed by atoms with Gasteiger partial charge in [-0.15, -0.1) is 0 Å². The lowest BCUT2D eigenvalue weighted by molar-refractivity contribution is -0.136. The fraction of sp³-hybridized carbons (Fsp3) is 0.0556. The highest BCUT2D eigenvalue weighted by Crippen LogP contribution is 2.11. The Morgan fingerprint density at radius 2 is 1.68 bits per heavy atom. The van der Waals surface area contributed by atoms with E-state index in [1.165, 1.54) is 25.4 Å². The van der Waals surface area contributed by atoms with Crippen molar-refractivity contribution in [2.24, 2.45) is 0 Å². The van der Waals surface area contributed by atoms with Crippen LogP contribution in [-0.4, -0.2) is 30.1 Å². The van der Waals surface area contributed by atoms with Crippen LogP contribution in [0.25, 0.3) is 0 Å². The monoisotopic (exact) mass is 340 g/mol. The van der Waals surface area contributed by atoms with Crippen LogP contribution < -0.4 is 10.6 Å². The number of aromatic carboxylic acids is 1. The second kappa shape index (κ2) is 8.30. The summed E-state index contributed by atoms with van der Waals surface area (Å²) >= 11 is 0. The van der Waals surface area contributed by atoms with Crippen molar-refractivity contribution in [3.8, 4) is 0 Å². The topological polar surface area (TPSA) is 105 Å². The zero-order valence-corrected chi connectivity index (χ0v) is 13.4. The second-order valence-corrected chi connectivity index (χ2v) is 4.90. The van der Waals surface area contributed by atoms with Gasteiger partial charge in [-0.05, 0) is 30.3 Å². The minimum absolute atomic E-state index is 0.0892. The first-order valence-electron chi connectivity index (χ1n) is 7.26. The van der Waals surface area contributed by atoms with Crippen molar-refractivity contribution in [2.75, 3.05) is 12.4 Å². The van der Waals surface area contributed by atoms with Gasteiger partial charge in [0.25, 0.3) is 5.91 Å². The van der Waals surface area contributed by atoms with E-state index in [0.29, 0.717) is 11.3 Å². The van der Waals surface area contributed by atoms with Crippen LogP contribution in [-0.2, 0) is 9.53 Å². The van der Waals surface area contributed by atoms with Crippen LogP contribution in [0, 0.1) is 0 Å². The molecule has 2 aromatic rings. The number of nitrogens with one attached hydrogen (secondary N) is 2. The molecule has 0 saturated heterocycles. The summed E-state index contributed by atoms with van der Waals surface area (Å²) in [7, 11) is 1.19. The van der Waals surface area contributed by atoms with Gasteiger partial charge in [0, 0.05) is 17.5 Å². The largest absolute Gasteiger partial charge is 0.478 e. The minimum Gasteiger partial charge on any atom is -0.478 e. The Bertz CT molecular complexity index is 815. The normalized spacial score (nSPS) is 10.7. The van der Waals surface area contributed by atoms with E-state index in [9.17, 15) is 14.4 Å². The lowest BCUT2D eigenvalue weighted by Gasteiger charge is -2.09. The molecule has 128 valence electrons. The van der Waals surface area contributed by atoms with E-state index in [2.05, 4.69) is 15.4 Å². The third kappa shape index (κ3) is 4.93. The van der Waals surface area contributed by atoms with Gasteiger partial charge >= 0.3 is 11.9 Å². The molecule has 0 atom stereocenters. The second-order valence-electron chi connectivity index (χ2n) is 4.90. The number of carboxylic acids is 1. The maximum atomic E-state index is 12.2. The highest BCUT2D eigenvalue weighted by molar-refractivity contribution is 6.01. The number of hydrogen-bond acceptors (Lipinski definition) is 5. The van der Waals surface area contributed by atoms with Gasteiger partial charge in [-0.3, -0.25) is 4.79 Å². The SMILES string of the molecule is COC(=O)/C(=C/Nc1cccc(C(=O)O)c1)NC(=O)c1ccccc1. The summed E-state index contributed by atoms with van der Waals surface area (Å²) in [6, 6.07) is 14.4. The molecule has 0 saturated carbocycles. The van der Waals surface area contributed by atoms with Crippen LogP contribution in [0.4, 0.5) is 5.69 Å². The molecule has 2 rings (SSSR count). The molecule has 7 nitrogen and oxygen atoms in total. The van der Waals surface area contributed by atoms with Crippen molar-refractivity contribution in [2.45, 2.75) is 0 Å². The number of carbonyl (C=O) groups is 3. The maximum Gasteiger partial charge on any atom is 0.356 e. The van der Waals surface area contributed by atoms with Gasteiger partial charge in [-0.2, -0.15) is 0 Å². The molecule has 7 heteroatoms. The predicted octanol–water partition coefficient (Wildman–Crippen LogP) is 2.24. The molecule has 0 unspecified atom stereocenters. The Morgan fingerprint density at radius 1 is 1.00 bits per heavy atom. The quantitative estimate of drug-likeness (QED) is 0.550. The van der Waals surface area contributed by atoms with Crippen molar-refractivity contribution < 1.29 is 24.2 Å². The van der Waals surface area contributed by atoms with Crippen molar-refractivity contribution in [1.29, 1.82) is 0 Å². The predicted molar refractivity (Wildman–Crippen MR) is 91.0 cm³/mol. The van der Waals surface area contributed by atoms with E-state index in [-0.39, 0.29) is 11.3 Å². The molecular formula is C18H16N2O5. The standard InChI is InChI=1S/C18H16N2O5/c1-25-18(24)15(20-16(21)12-6-3-2-4-7-12)11-19-14-9-5-8-13(10-14)17(22)23/h2-11,19H,1H3,(H,20,21)(H,22,23)/b15-11-. The number of anilines is 1. The van der Waals surface area contributed by atoms with Gasteiger partial charge in [0.15, 0.2) is 0 Å². The van der Waals surface area contributed by atoms with Gasteiger partial charge in [-0.1, -0.05) is 24.3 Å². The van der Waals surface area contributed by atoms with Gasteiger partial charge in [0.05, 0.1) is 12.7 Å². The van der Waals surface area contributed by atoms with E-state index in [0.717, 1.165) is 0 Å². The van der Waals surface area contributed by atoms with E-state index in [1.54, 1.807) is 42.5 Å². The fourth-order valence-electron chi connectivity index (χ4n) is 1.94. The molecule has 0 aliphatic heterocycles. The third-order valence-corrected chi connectivity index (χ3v) is 3.18. The molecule has 0 heterocycles. The molecule has 0 radical (unpaired) electrons. The fourth-order valence-corrected chi connectivity index (χ4v) is 1.94. The number of hydrogen-bond donors (Lipinski definition) is 3. The minimum atomic E-state index is -1.07. The van der Waals surface area contributed by atoms with E-state index in [4.69, 9.17) is 5.11 Å². The molecule has 1 amide bonds. The summed E-state index contributed by atoms with van der Waals surface area (Å²) in [6.07, 6.45) is 1.24. The summed E-state index contributed by atoms with van der Waals surface area (Å²) in [4.78, 5) is 35.0. The number of benzene rings is 2. The Hall–Kier alpha value is -3.61. The maximum absolute atomic E-state index is 12.2. The Labute approximate surface area is 143 Å². The van der Waals surface area contributed by atoms with Crippen molar-refractivity contribution >= 4 is 23.5 Å². The van der Waals surface area contributed by atoms with Crippen LogP contribution in [0.15, 0.2) is 66.5 Å². The van der Waals surface area contributed by atoms with E-state index < -0.39 is 17.8 Å². The smallest absolute Gasteiger partial charge is 0.356 e. The van der Waals surface area contributed by atoms with Crippen LogP contribution in [0.5, 0.6) is 0 Å². The van der Waals surface area contributed by atoms with Crippen LogP contribution in [0.2, 0.25) is 0 Å². The van der Waals surface area contributed by atoms with Gasteiger partial charge in [0.1, 0.15) is 5.70 Å². The van der Waals surface area contributed by atoms with E-state index >= 15 is 0 Å². The van der Waals surface area contributed by atoms with Crippen LogP contribution >= 0.6 is 0 Å². The first-order valence-corrected chi connectivity index (χ1v) is 7.26. The summed E-state index contributed by atoms with van der Waals surface area (Å²) in [5, 5.41) is 14.2. The number of methoxy groups -OCH3 is 1. The number of carbonyl (C=O) groups excluding carboxylic acids is 2. The number of amides is 1. The molecule has 0 aliphatic rings. The van der Waals surface area contributed by atoms with Crippen molar-refractivity contribution in [1.82, 2.24) is 5.32 Å².